The topological polar surface area (TPSA) is 1040 Å². The quantitative estimate of drug-likeness (QED) is 0.0166. The van der Waals surface area contributed by atoms with Crippen molar-refractivity contribution in [2.75, 3.05) is 92.0 Å². The van der Waals surface area contributed by atoms with Crippen molar-refractivity contribution in [3.8, 4) is 0 Å². The highest BCUT2D eigenvalue weighted by Crippen LogP contribution is 2.23. The maximum Gasteiger partial charge on any atom is 0.326 e. The predicted molar refractivity (Wildman–Crippen MR) is 482 cm³/mol. The number of carbonyl (C=O) groups is 25. The number of fused-ring (bicyclic) bond motifs is 1. The van der Waals surface area contributed by atoms with Gasteiger partial charge in [0, 0.05) is 49.6 Å². The highest BCUT2D eigenvalue weighted by molar-refractivity contribution is 6.04. The van der Waals surface area contributed by atoms with Crippen molar-refractivity contribution in [3.05, 3.63) is 36.0 Å². The van der Waals surface area contributed by atoms with Gasteiger partial charge in [-0.2, -0.15) is 0 Å². The number of aliphatic hydroxyl groups is 8. The summed E-state index contributed by atoms with van der Waals surface area (Å²) in [7, 11) is 0. The molecule has 0 spiro atoms. The fraction of sp³-hybridized carbons (Fsp3) is 0.575. The number of hydrogen-bond acceptors (Lipinski definition) is 35. The molecular formula is C80H123N29O34. The van der Waals surface area contributed by atoms with Crippen molar-refractivity contribution in [2.45, 2.75) is 200 Å². The predicted octanol–water partition coefficient (Wildman–Crippen LogP) is -22.1. The number of rotatable bonds is 62. The molecule has 2 aliphatic heterocycles. The number of amides is 24. The van der Waals surface area contributed by atoms with Gasteiger partial charge in [-0.1, -0.05) is 18.2 Å². The maximum atomic E-state index is 14.2. The smallest absolute Gasteiger partial charge is 0.326 e. The molecule has 0 saturated carbocycles. The van der Waals surface area contributed by atoms with Crippen LogP contribution in [0.4, 0.5) is 0 Å². The second-order valence-corrected chi connectivity index (χ2v) is 32.5. The first-order valence-corrected chi connectivity index (χ1v) is 44.1. The standard InChI is InChI=1S/C80H123N29O34/c1-34(116)62(106-61(126)27-91-66(129)47(30-112)105-71(134)48(31-113)96-58(123)23-90-65(128)46(29-111)104-70(133)44(20-55(84)120)102-68(131)42(101-64(127)38(81)28-110)18-36-22-89-39-9-4-3-8-37(36)39)75(138)93-26-59(124)97-49(32-114)72(135)107-63(35(2)117)76(139)94-25-57(122)95-43(19-54(83)119)69(132)99-40(13-14-53(82)118)67(130)103-45(21-56(85)121)77(140)108-16-6-11-51(108)73(136)92-24-60(125)98-50(33-115)78(141)109-17-7-12-52(109)74(137)100-41(79(142)143)10-5-15-88-80(86)87/h3-4,8-9,22,34-35,38,40-52,62-63,89,110-117H,5-7,10-21,23-33,81H2,1-2H3,(H2,82,118)(H2,83,119)(H2,84,120)(H2,85,121)(H,90,128)(H,91,129)(H,92,136)(H,93,138)(H,94,139)(H,95,122)(H,96,123)(H,97,124)(H,98,125)(H,99,132)(H,100,137)(H,101,127)(H,102,131)(H,103,130)(H,104,133)(H,105,134)(H,106,126)(H,107,135)(H,142,143)(H4,86,87,88)/t34-,35-,38+,40+,41+,42+,43+,44+,45+,46+,47+,48+,49+,50+,51+,52+,62+,63+/m1/s1. The number of aromatic amines is 1. The van der Waals surface area contributed by atoms with Crippen LogP contribution < -0.4 is 135 Å². The largest absolute Gasteiger partial charge is 0.480 e. The number of H-pyrrole nitrogens is 1. The van der Waals surface area contributed by atoms with Gasteiger partial charge in [0.15, 0.2) is 5.96 Å². The zero-order valence-electron chi connectivity index (χ0n) is 77.3. The lowest BCUT2D eigenvalue weighted by atomic mass is 10.0. The lowest BCUT2D eigenvalue weighted by Crippen LogP contribution is -2.60. The number of nitrogens with zero attached hydrogens (tertiary/aromatic N) is 2. The Hall–Kier alpha value is -15.6. The molecule has 792 valence electrons. The van der Waals surface area contributed by atoms with Crippen LogP contribution in [-0.4, -0.2) is 415 Å². The number of hydrogen-bond donors (Lipinski definition) is 36. The molecule has 2 aromatic rings. The lowest BCUT2D eigenvalue weighted by molar-refractivity contribution is -0.145. The molecule has 0 bridgehead atoms. The summed E-state index contributed by atoms with van der Waals surface area (Å²) in [4.78, 5) is 334. The van der Waals surface area contributed by atoms with Gasteiger partial charge in [-0.3, -0.25) is 120 Å². The van der Waals surface area contributed by atoms with E-state index < -0.39 is 361 Å². The van der Waals surface area contributed by atoms with Crippen LogP contribution in [0.3, 0.4) is 0 Å². The van der Waals surface area contributed by atoms with Crippen LogP contribution in [0.15, 0.2) is 30.5 Å². The molecule has 0 unspecified atom stereocenters. The molecule has 0 radical (unpaired) electrons. The van der Waals surface area contributed by atoms with Gasteiger partial charge in [0.05, 0.1) is 104 Å². The highest BCUT2D eigenvalue weighted by atomic mass is 16.4. The Morgan fingerprint density at radius 1 is 0.392 bits per heavy atom. The third kappa shape index (κ3) is 39.9. The molecule has 143 heavy (non-hydrogen) atoms. The Morgan fingerprint density at radius 3 is 1.22 bits per heavy atom. The summed E-state index contributed by atoms with van der Waals surface area (Å²) in [6.07, 6.45) is -6.26. The molecule has 63 nitrogen and oxygen atoms in total. The van der Waals surface area contributed by atoms with E-state index in [-0.39, 0.29) is 70.5 Å². The van der Waals surface area contributed by atoms with Gasteiger partial charge in [-0.25, -0.2) is 4.79 Å². The molecule has 3 heterocycles. The first-order valence-electron chi connectivity index (χ1n) is 44.1. The number of benzene rings is 1. The molecule has 4 rings (SSSR count). The number of carbonyl (C=O) groups excluding carboxylic acids is 24. The summed E-state index contributed by atoms with van der Waals surface area (Å²) in [6, 6.07) is -21.6. The van der Waals surface area contributed by atoms with E-state index >= 15 is 0 Å². The van der Waals surface area contributed by atoms with Gasteiger partial charge < -0.3 is 196 Å². The zero-order valence-corrected chi connectivity index (χ0v) is 77.3. The maximum absolute atomic E-state index is 14.2. The van der Waals surface area contributed by atoms with E-state index in [1.165, 1.54) is 6.20 Å². The van der Waals surface area contributed by atoms with Crippen molar-refractivity contribution in [1.82, 2.24) is 116 Å². The van der Waals surface area contributed by atoms with Crippen molar-refractivity contribution in [3.63, 3.8) is 0 Å². The van der Waals surface area contributed by atoms with E-state index in [0.29, 0.717) is 16.5 Å². The number of nitrogens with one attached hydrogen (secondary N) is 21. The van der Waals surface area contributed by atoms with Gasteiger partial charge >= 0.3 is 5.97 Å². The summed E-state index contributed by atoms with van der Waals surface area (Å²) in [6.45, 7) is -10.2. The number of carboxylic acids is 1. The third-order valence-corrected chi connectivity index (χ3v) is 21.3. The number of aromatic nitrogens is 1. The fourth-order valence-electron chi connectivity index (χ4n) is 13.9. The minimum absolute atomic E-state index is 0.0405. The molecule has 42 N–H and O–H groups in total. The normalized spacial score (nSPS) is 16.5. The number of primary amides is 4. The molecule has 0 aliphatic carbocycles. The van der Waals surface area contributed by atoms with Gasteiger partial charge in [0.2, 0.25) is 142 Å². The van der Waals surface area contributed by atoms with E-state index in [1.807, 2.05) is 47.9 Å². The zero-order chi connectivity index (χ0) is 107. The Kier molecular flexibility index (Phi) is 50.0. The van der Waals surface area contributed by atoms with Gasteiger partial charge in [-0.05, 0) is 70.4 Å². The van der Waals surface area contributed by atoms with Crippen LogP contribution >= 0.6 is 0 Å². The van der Waals surface area contributed by atoms with Crippen LogP contribution in [0.2, 0.25) is 0 Å². The molecule has 24 amide bonds. The van der Waals surface area contributed by atoms with Gasteiger partial charge in [-0.15, -0.1) is 0 Å². The van der Waals surface area contributed by atoms with Gasteiger partial charge in [0.25, 0.3) is 0 Å². The van der Waals surface area contributed by atoms with E-state index in [0.717, 1.165) is 23.6 Å². The Balaban J connectivity index is 1.28. The van der Waals surface area contributed by atoms with E-state index in [2.05, 4.69) is 58.2 Å². The SMILES string of the molecule is C[C@@H](O)[C@H](NC(=O)CNC(=O)[C@H](CO)NC(=O)[C@H](CO)NC(=O)CNC(=O)[C@H](CO)NC(=O)[C@H](CC(N)=O)NC(=O)[C@H](Cc1c[nH]c2ccccc12)NC(=O)[C@@H](N)CO)C(=O)NCC(=O)N[C@@H](CO)C(=O)N[C@H](C(=O)NCC(=O)N[C@@H](CC(N)=O)C(=O)N[C@@H](CCC(N)=O)C(=O)N[C@@H](CC(N)=O)C(=O)N1CCC[C@H]1C(=O)NCC(=O)N[C@@H](CO)C(=O)N1CCC[C@H]1C(=O)N[C@@H](CCCNC(=N)N)C(=O)O)[C@@H](C)O. The summed E-state index contributed by atoms with van der Waals surface area (Å²) >= 11 is 0. The fourth-order valence-corrected chi connectivity index (χ4v) is 13.9. The van der Waals surface area contributed by atoms with Crippen LogP contribution in [0.25, 0.3) is 10.9 Å². The molecule has 1 aromatic carbocycles. The molecule has 2 saturated heterocycles. The number of likely N-dealkylation sites (tertiary alicyclic amines) is 2. The number of para-hydroxylation sites is 1. The van der Waals surface area contributed by atoms with Crippen LogP contribution in [0.5, 0.6) is 0 Å². The summed E-state index contributed by atoms with van der Waals surface area (Å²) in [5.41, 5.74) is 33.5. The molecule has 2 aliphatic rings. The number of nitrogens with two attached hydrogens (primary N) is 6. The Labute approximate surface area is 810 Å². The average molecular weight is 2040 g/mol. The van der Waals surface area contributed by atoms with Gasteiger partial charge in [0.1, 0.15) is 96.7 Å². The van der Waals surface area contributed by atoms with Crippen LogP contribution in [-0.2, 0) is 126 Å². The number of carboxylic acid groups (broad SMARTS) is 1. The minimum atomic E-state index is -2.06. The van der Waals surface area contributed by atoms with E-state index in [4.69, 9.17) is 39.8 Å². The number of aliphatic carboxylic acids is 1. The van der Waals surface area contributed by atoms with Crippen molar-refractivity contribution in [2.24, 2.45) is 34.4 Å². The second kappa shape index (κ2) is 59.8. The molecular weight excluding hydrogens is 1910 g/mol. The lowest BCUT2D eigenvalue weighted by Gasteiger charge is -2.30. The summed E-state index contributed by atoms with van der Waals surface area (Å²) < 4.78 is 0. The first-order chi connectivity index (χ1) is 67.4. The van der Waals surface area contributed by atoms with E-state index in [9.17, 15) is 166 Å². The van der Waals surface area contributed by atoms with Crippen molar-refractivity contribution >= 4 is 165 Å². The van der Waals surface area contributed by atoms with Crippen molar-refractivity contribution in [1.29, 1.82) is 5.41 Å². The summed E-state index contributed by atoms with van der Waals surface area (Å²) in [5.74, 6) is -30.8. The average Bonchev–Trinajstić information content (AvgIpc) is 1.68. The Bertz CT molecular complexity index is 4940. The molecule has 63 heteroatoms. The number of guanidine groups is 1. The second-order valence-electron chi connectivity index (χ2n) is 32.5. The highest BCUT2D eigenvalue weighted by Gasteiger charge is 2.44. The molecule has 1 aromatic heterocycles. The summed E-state index contributed by atoms with van der Waals surface area (Å²) in [5, 5.41) is 139. The monoisotopic (exact) mass is 2030 g/mol. The molecule has 2 fully saturated rings. The third-order valence-electron chi connectivity index (χ3n) is 21.3. The minimum Gasteiger partial charge on any atom is -0.480 e. The molecule has 18 atom stereocenters. The van der Waals surface area contributed by atoms with Crippen LogP contribution in [0.1, 0.15) is 90.0 Å². The van der Waals surface area contributed by atoms with E-state index in [1.54, 1.807) is 24.3 Å². The number of aliphatic hydroxyl groups excluding tert-OH is 8. The van der Waals surface area contributed by atoms with Crippen LogP contribution in [0, 0.1) is 5.41 Å². The first kappa shape index (κ1) is 120. The van der Waals surface area contributed by atoms with Crippen molar-refractivity contribution < 1.29 is 166 Å². The Morgan fingerprint density at radius 2 is 0.762 bits per heavy atom.